The van der Waals surface area contributed by atoms with Gasteiger partial charge in [-0.3, -0.25) is 0 Å². The highest BCUT2D eigenvalue weighted by Crippen LogP contribution is 2.50. The number of hydrogen-bond acceptors (Lipinski definition) is 1. The van der Waals surface area contributed by atoms with Gasteiger partial charge < -0.3 is 9.13 Å². The molecule has 256 valence electrons. The van der Waals surface area contributed by atoms with Gasteiger partial charge in [0.2, 0.25) is 0 Å². The van der Waals surface area contributed by atoms with Crippen molar-refractivity contribution < 1.29 is 0 Å². The lowest BCUT2D eigenvalue weighted by Crippen LogP contribution is -2.33. The van der Waals surface area contributed by atoms with Crippen LogP contribution < -0.4 is 0 Å². The van der Waals surface area contributed by atoms with Crippen LogP contribution in [0.4, 0.5) is 0 Å². The van der Waals surface area contributed by atoms with E-state index in [-0.39, 0.29) is 10.8 Å². The summed E-state index contributed by atoms with van der Waals surface area (Å²) in [6.45, 7) is 9.75. The summed E-state index contributed by atoms with van der Waals surface area (Å²) in [5.41, 5.74) is 13.1. The molecule has 11 rings (SSSR count). The van der Waals surface area contributed by atoms with Crippen LogP contribution >= 0.6 is 11.3 Å². The van der Waals surface area contributed by atoms with Crippen molar-refractivity contribution in [1.29, 1.82) is 0 Å². The first kappa shape index (κ1) is 30.9. The molecular formula is C50H40N2S. The molecule has 0 radical (unpaired) electrons. The quantitative estimate of drug-likeness (QED) is 0.174. The van der Waals surface area contributed by atoms with Gasteiger partial charge in [0.25, 0.3) is 0 Å². The molecule has 3 heterocycles. The average Bonchev–Trinajstić information content (AvgIpc) is 3.84. The first-order chi connectivity index (χ1) is 25.8. The summed E-state index contributed by atoms with van der Waals surface area (Å²) in [5.74, 6) is 0. The number of benzene rings is 7. The molecule has 2 nitrogen and oxygen atoms in total. The van der Waals surface area contributed by atoms with Crippen LogP contribution in [0.15, 0.2) is 146 Å². The molecule has 1 aliphatic rings. The highest BCUT2D eigenvalue weighted by Gasteiger charge is 2.38. The van der Waals surface area contributed by atoms with Gasteiger partial charge in [-0.1, -0.05) is 113 Å². The standard InChI is InChI=1S/C50H40N2S/c1-49(2)27-28-50(3,4)40-30-43-38(29-39(40)49)47-42(51(43)32-13-6-5-7-14-32)26-25-36-35-15-8-10-18-41(35)52(48(36)47)33-23-21-31(22-24-33)34-17-12-20-45-46(34)37-16-9-11-19-44(37)53-45/h5-26,29-30H,27-28H2,1-4H3. The van der Waals surface area contributed by atoms with Crippen LogP contribution in [-0.2, 0) is 10.8 Å². The third-order valence-corrected chi connectivity index (χ3v) is 13.5. The zero-order valence-corrected chi connectivity index (χ0v) is 31.4. The van der Waals surface area contributed by atoms with Gasteiger partial charge in [-0.15, -0.1) is 11.3 Å². The molecule has 0 aliphatic heterocycles. The zero-order valence-electron chi connectivity index (χ0n) is 30.6. The summed E-state index contributed by atoms with van der Waals surface area (Å²) in [6.07, 6.45) is 2.38. The Kier molecular flexibility index (Phi) is 6.39. The van der Waals surface area contributed by atoms with Gasteiger partial charge in [-0.2, -0.15) is 0 Å². The Morgan fingerprint density at radius 2 is 1.11 bits per heavy atom. The summed E-state index contributed by atoms with van der Waals surface area (Å²) in [7, 11) is 0. The second kappa shape index (κ2) is 10.9. The first-order valence-electron chi connectivity index (χ1n) is 18.9. The summed E-state index contributed by atoms with van der Waals surface area (Å²) < 4.78 is 7.71. The molecular weight excluding hydrogens is 661 g/mol. The van der Waals surface area contributed by atoms with E-state index in [4.69, 9.17) is 0 Å². The molecule has 3 heteroatoms. The van der Waals surface area contributed by atoms with E-state index in [0.29, 0.717) is 0 Å². The van der Waals surface area contributed by atoms with Gasteiger partial charge >= 0.3 is 0 Å². The lowest BCUT2D eigenvalue weighted by Gasteiger charge is -2.42. The van der Waals surface area contributed by atoms with Crippen molar-refractivity contribution in [3.63, 3.8) is 0 Å². The molecule has 53 heavy (non-hydrogen) atoms. The fraction of sp³-hybridized carbons (Fsp3) is 0.160. The maximum atomic E-state index is 2.57. The van der Waals surface area contributed by atoms with E-state index >= 15 is 0 Å². The van der Waals surface area contributed by atoms with E-state index in [1.807, 2.05) is 11.3 Å². The van der Waals surface area contributed by atoms with E-state index in [1.54, 1.807) is 0 Å². The minimum Gasteiger partial charge on any atom is -0.309 e. The van der Waals surface area contributed by atoms with Crippen LogP contribution in [0, 0.1) is 0 Å². The fourth-order valence-electron chi connectivity index (χ4n) is 9.54. The van der Waals surface area contributed by atoms with Gasteiger partial charge in [0, 0.05) is 53.1 Å². The van der Waals surface area contributed by atoms with Crippen molar-refractivity contribution in [3.05, 3.63) is 157 Å². The number of hydrogen-bond donors (Lipinski definition) is 0. The Morgan fingerprint density at radius 3 is 1.91 bits per heavy atom. The largest absolute Gasteiger partial charge is 0.309 e. The third-order valence-electron chi connectivity index (χ3n) is 12.4. The summed E-state index contributed by atoms with van der Waals surface area (Å²) >= 11 is 1.88. The Hall–Kier alpha value is -5.64. The molecule has 0 amide bonds. The monoisotopic (exact) mass is 700 g/mol. The highest BCUT2D eigenvalue weighted by molar-refractivity contribution is 7.25. The maximum absolute atomic E-state index is 2.57. The van der Waals surface area contributed by atoms with Crippen molar-refractivity contribution in [3.8, 4) is 22.5 Å². The Morgan fingerprint density at radius 1 is 0.453 bits per heavy atom. The second-order valence-corrected chi connectivity index (χ2v) is 17.5. The number of aromatic nitrogens is 2. The van der Waals surface area contributed by atoms with E-state index in [1.165, 1.54) is 110 Å². The number of rotatable bonds is 3. The Balaban J connectivity index is 1.23. The molecule has 3 aromatic heterocycles. The Bertz CT molecular complexity index is 3090. The van der Waals surface area contributed by atoms with Gasteiger partial charge in [0.15, 0.2) is 0 Å². The van der Waals surface area contributed by atoms with Crippen molar-refractivity contribution in [1.82, 2.24) is 9.13 Å². The van der Waals surface area contributed by atoms with Crippen LogP contribution in [-0.4, -0.2) is 9.13 Å². The number of nitrogens with zero attached hydrogens (tertiary/aromatic N) is 2. The highest BCUT2D eigenvalue weighted by atomic mass is 32.1. The van der Waals surface area contributed by atoms with Crippen LogP contribution in [0.3, 0.4) is 0 Å². The summed E-state index contributed by atoms with van der Waals surface area (Å²) in [4.78, 5) is 0. The van der Waals surface area contributed by atoms with E-state index in [0.717, 1.165) is 0 Å². The Labute approximate surface area is 313 Å². The van der Waals surface area contributed by atoms with Crippen molar-refractivity contribution in [2.75, 3.05) is 0 Å². The molecule has 7 aromatic carbocycles. The van der Waals surface area contributed by atoms with Crippen molar-refractivity contribution in [2.24, 2.45) is 0 Å². The SMILES string of the molecule is CC1(C)CCC(C)(C)c2cc3c(cc21)c1c(ccc2c4ccccc4n(-c4ccc(-c5cccc6sc7ccccc7c56)cc4)c21)n3-c1ccccc1. The van der Waals surface area contributed by atoms with Crippen LogP contribution in [0.25, 0.3) is 86.3 Å². The van der Waals surface area contributed by atoms with Gasteiger partial charge in [-0.25, -0.2) is 0 Å². The van der Waals surface area contributed by atoms with E-state index < -0.39 is 0 Å². The molecule has 0 unspecified atom stereocenters. The first-order valence-corrected chi connectivity index (χ1v) is 19.7. The number of fused-ring (bicyclic) bond motifs is 11. The zero-order chi connectivity index (χ0) is 35.6. The normalized spacial score (nSPS) is 15.3. The second-order valence-electron chi connectivity index (χ2n) is 16.4. The molecule has 0 fully saturated rings. The number of para-hydroxylation sites is 2. The van der Waals surface area contributed by atoms with Crippen molar-refractivity contribution >= 4 is 75.1 Å². The third kappa shape index (κ3) is 4.38. The molecule has 0 spiro atoms. The predicted octanol–water partition coefficient (Wildman–Crippen LogP) is 14.3. The molecule has 0 bridgehead atoms. The molecule has 0 saturated carbocycles. The molecule has 0 atom stereocenters. The minimum absolute atomic E-state index is 0.104. The predicted molar refractivity (Wildman–Crippen MR) is 229 cm³/mol. The topological polar surface area (TPSA) is 9.86 Å². The maximum Gasteiger partial charge on any atom is 0.0641 e. The van der Waals surface area contributed by atoms with Crippen LogP contribution in [0.1, 0.15) is 51.7 Å². The lowest BCUT2D eigenvalue weighted by atomic mass is 9.63. The number of thiophene rings is 1. The van der Waals surface area contributed by atoms with Gasteiger partial charge in [-0.05, 0) is 107 Å². The van der Waals surface area contributed by atoms with E-state index in [9.17, 15) is 0 Å². The summed E-state index contributed by atoms with van der Waals surface area (Å²) in [6, 6.07) is 54.6. The fourth-order valence-corrected chi connectivity index (χ4v) is 10.7. The lowest BCUT2D eigenvalue weighted by molar-refractivity contribution is 0.332. The van der Waals surface area contributed by atoms with Gasteiger partial charge in [0.1, 0.15) is 0 Å². The van der Waals surface area contributed by atoms with Gasteiger partial charge in [0.05, 0.1) is 22.1 Å². The molecule has 0 N–H and O–H groups in total. The van der Waals surface area contributed by atoms with Crippen molar-refractivity contribution in [2.45, 2.75) is 51.4 Å². The van der Waals surface area contributed by atoms with Crippen LogP contribution in [0.2, 0.25) is 0 Å². The molecule has 1 aliphatic carbocycles. The van der Waals surface area contributed by atoms with Crippen LogP contribution in [0.5, 0.6) is 0 Å². The molecule has 0 saturated heterocycles. The van der Waals surface area contributed by atoms with E-state index in [2.05, 4.69) is 182 Å². The average molecular weight is 701 g/mol. The molecule has 10 aromatic rings. The summed E-state index contributed by atoms with van der Waals surface area (Å²) in [5, 5.41) is 7.90. The smallest absolute Gasteiger partial charge is 0.0641 e. The minimum atomic E-state index is 0.104.